The highest BCUT2D eigenvalue weighted by molar-refractivity contribution is 7.89. The first kappa shape index (κ1) is 24.0. The van der Waals surface area contributed by atoms with E-state index in [1.165, 1.54) is 17.7 Å². The molecule has 1 saturated carbocycles. The van der Waals surface area contributed by atoms with Crippen molar-refractivity contribution in [2.24, 2.45) is 5.92 Å². The smallest absolute Gasteiger partial charge is 0.276 e. The van der Waals surface area contributed by atoms with Gasteiger partial charge in [0.25, 0.3) is 5.92 Å². The van der Waals surface area contributed by atoms with Crippen LogP contribution in [0.3, 0.4) is 0 Å². The van der Waals surface area contributed by atoms with Crippen molar-refractivity contribution in [3.05, 3.63) is 77.4 Å². The first-order chi connectivity index (χ1) is 16.6. The lowest BCUT2D eigenvalue weighted by Crippen LogP contribution is -2.57. The third kappa shape index (κ3) is 5.01. The molecule has 0 spiro atoms. The van der Waals surface area contributed by atoms with Gasteiger partial charge in [0.1, 0.15) is 5.78 Å². The van der Waals surface area contributed by atoms with Gasteiger partial charge in [0.2, 0.25) is 10.0 Å². The van der Waals surface area contributed by atoms with Gasteiger partial charge in [0, 0.05) is 12.3 Å². The number of halogens is 2. The fourth-order valence-corrected chi connectivity index (χ4v) is 6.26. The van der Waals surface area contributed by atoms with Crippen LogP contribution < -0.4 is 10.0 Å². The van der Waals surface area contributed by atoms with Crippen molar-refractivity contribution in [1.82, 2.24) is 10.0 Å². The van der Waals surface area contributed by atoms with Crippen molar-refractivity contribution in [3.8, 4) is 0 Å². The normalized spacial score (nSPS) is 23.8. The van der Waals surface area contributed by atoms with Crippen LogP contribution in [0.1, 0.15) is 35.4 Å². The fraction of sp³-hybridized carbons (Fsp3) is 0.370. The number of rotatable bonds is 7. The molecule has 2 fully saturated rings. The third-order valence-corrected chi connectivity index (χ3v) is 8.63. The Bertz CT molecular complexity index is 1370. The maximum atomic E-state index is 14.0. The molecule has 5 rings (SSSR count). The van der Waals surface area contributed by atoms with Gasteiger partial charge in [-0.1, -0.05) is 48.5 Å². The van der Waals surface area contributed by atoms with E-state index < -0.39 is 28.5 Å². The number of fused-ring (bicyclic) bond motifs is 1. The van der Waals surface area contributed by atoms with Crippen LogP contribution in [0.4, 0.5) is 8.78 Å². The molecule has 0 amide bonds. The molecule has 1 saturated heterocycles. The van der Waals surface area contributed by atoms with E-state index in [0.29, 0.717) is 13.0 Å². The van der Waals surface area contributed by atoms with Gasteiger partial charge in [-0.3, -0.25) is 4.79 Å². The van der Waals surface area contributed by atoms with Crippen LogP contribution in [-0.4, -0.2) is 39.3 Å². The van der Waals surface area contributed by atoms with E-state index in [4.69, 9.17) is 0 Å². The van der Waals surface area contributed by atoms with Crippen molar-refractivity contribution in [2.45, 2.75) is 49.0 Å². The van der Waals surface area contributed by atoms with Crippen LogP contribution in [0.5, 0.6) is 0 Å². The molecule has 0 bridgehead atoms. The molecule has 2 N–H and O–H groups in total. The van der Waals surface area contributed by atoms with Crippen LogP contribution >= 0.6 is 0 Å². The minimum Gasteiger partial charge on any atom is -0.311 e. The van der Waals surface area contributed by atoms with Crippen molar-refractivity contribution in [3.63, 3.8) is 0 Å². The number of ketones is 1. The summed E-state index contributed by atoms with van der Waals surface area (Å²) in [5, 5.41) is 4.89. The van der Waals surface area contributed by atoms with Gasteiger partial charge in [0.05, 0.1) is 17.5 Å². The molecule has 0 aromatic heterocycles. The van der Waals surface area contributed by atoms with Crippen molar-refractivity contribution in [1.29, 1.82) is 0 Å². The number of benzene rings is 3. The average molecular weight is 499 g/mol. The second kappa shape index (κ2) is 9.08. The SMILES string of the molecule is Cc1cccc2ccc(CC(=O)[C@@H]3C[C@H]3c3ccc(S(=O)(=O)NC4CCNCC4(F)F)cc3)cc12. The molecule has 3 aromatic rings. The van der Waals surface area contributed by atoms with E-state index >= 15 is 0 Å². The molecule has 35 heavy (non-hydrogen) atoms. The largest absolute Gasteiger partial charge is 0.311 e. The van der Waals surface area contributed by atoms with E-state index in [0.717, 1.165) is 28.3 Å². The summed E-state index contributed by atoms with van der Waals surface area (Å²) in [7, 11) is -4.07. The lowest BCUT2D eigenvalue weighted by Gasteiger charge is -2.32. The molecule has 1 unspecified atom stereocenters. The molecule has 3 aromatic carbocycles. The zero-order valence-electron chi connectivity index (χ0n) is 19.4. The average Bonchev–Trinajstić information content (AvgIpc) is 3.62. The highest BCUT2D eigenvalue weighted by Gasteiger charge is 2.45. The Kier molecular flexibility index (Phi) is 6.23. The van der Waals surface area contributed by atoms with Crippen molar-refractivity contribution in [2.75, 3.05) is 13.1 Å². The van der Waals surface area contributed by atoms with Gasteiger partial charge in [-0.2, -0.15) is 0 Å². The topological polar surface area (TPSA) is 75.3 Å². The minimum atomic E-state index is -4.07. The molecule has 184 valence electrons. The summed E-state index contributed by atoms with van der Waals surface area (Å²) >= 11 is 0. The van der Waals surface area contributed by atoms with E-state index in [-0.39, 0.29) is 28.9 Å². The number of Topliss-reactive ketones (excluding diaryl/α,β-unsaturated/α-hetero) is 1. The van der Waals surface area contributed by atoms with Gasteiger partial charge < -0.3 is 5.32 Å². The third-order valence-electron chi connectivity index (χ3n) is 7.14. The Balaban J connectivity index is 1.23. The molecule has 1 heterocycles. The zero-order chi connectivity index (χ0) is 24.8. The van der Waals surface area contributed by atoms with Gasteiger partial charge in [-0.25, -0.2) is 21.9 Å². The maximum Gasteiger partial charge on any atom is 0.276 e. The second-order valence-electron chi connectivity index (χ2n) is 9.69. The number of aryl methyl sites for hydroxylation is 1. The quantitative estimate of drug-likeness (QED) is 0.508. The molecular formula is C27H28F2N2O3S. The maximum absolute atomic E-state index is 14.0. The molecule has 1 aliphatic carbocycles. The first-order valence-electron chi connectivity index (χ1n) is 11.9. The van der Waals surface area contributed by atoms with E-state index in [1.54, 1.807) is 12.1 Å². The summed E-state index contributed by atoms with van der Waals surface area (Å²) in [6, 6.07) is 17.1. The summed E-state index contributed by atoms with van der Waals surface area (Å²) in [5.41, 5.74) is 3.06. The molecule has 0 radical (unpaired) electrons. The predicted octanol–water partition coefficient (Wildman–Crippen LogP) is 4.34. The lowest BCUT2D eigenvalue weighted by molar-refractivity contribution is -0.119. The zero-order valence-corrected chi connectivity index (χ0v) is 20.2. The first-order valence-corrected chi connectivity index (χ1v) is 13.3. The number of hydrogen-bond donors (Lipinski definition) is 2. The summed E-state index contributed by atoms with van der Waals surface area (Å²) in [4.78, 5) is 12.9. The van der Waals surface area contributed by atoms with E-state index in [9.17, 15) is 22.0 Å². The summed E-state index contributed by atoms with van der Waals surface area (Å²) in [5.74, 6) is -2.99. The van der Waals surface area contributed by atoms with Crippen LogP contribution in [-0.2, 0) is 21.2 Å². The van der Waals surface area contributed by atoms with Gasteiger partial charge in [-0.05, 0) is 71.8 Å². The summed E-state index contributed by atoms with van der Waals surface area (Å²) in [6.45, 7) is 1.84. The monoisotopic (exact) mass is 498 g/mol. The van der Waals surface area contributed by atoms with Crippen LogP contribution in [0, 0.1) is 12.8 Å². The minimum absolute atomic E-state index is 0.0208. The number of carbonyl (C=O) groups is 1. The number of sulfonamides is 1. The highest BCUT2D eigenvalue weighted by Crippen LogP contribution is 2.48. The molecule has 2 aliphatic rings. The van der Waals surface area contributed by atoms with Crippen LogP contribution in [0.15, 0.2) is 65.6 Å². The molecule has 3 atom stereocenters. The number of nitrogens with one attached hydrogen (secondary N) is 2. The Morgan fingerprint density at radius 1 is 1.11 bits per heavy atom. The highest BCUT2D eigenvalue weighted by atomic mass is 32.2. The van der Waals surface area contributed by atoms with Crippen molar-refractivity contribution < 1.29 is 22.0 Å². The Morgan fingerprint density at radius 3 is 2.63 bits per heavy atom. The Morgan fingerprint density at radius 2 is 1.89 bits per heavy atom. The summed E-state index contributed by atoms with van der Waals surface area (Å²) < 4.78 is 55.6. The fourth-order valence-electron chi connectivity index (χ4n) is 4.97. The number of carbonyl (C=O) groups excluding carboxylic acids is 1. The molecule has 8 heteroatoms. The Hall–Kier alpha value is -2.68. The van der Waals surface area contributed by atoms with Crippen LogP contribution in [0.25, 0.3) is 10.8 Å². The Labute approximate surface area is 204 Å². The van der Waals surface area contributed by atoms with Gasteiger partial charge in [-0.15, -0.1) is 0 Å². The molecule has 1 aliphatic heterocycles. The number of alkyl halides is 2. The molecule has 5 nitrogen and oxygen atoms in total. The summed E-state index contributed by atoms with van der Waals surface area (Å²) in [6.07, 6.45) is 1.12. The van der Waals surface area contributed by atoms with E-state index in [2.05, 4.69) is 35.2 Å². The second-order valence-corrected chi connectivity index (χ2v) is 11.4. The van der Waals surface area contributed by atoms with Gasteiger partial charge >= 0.3 is 0 Å². The lowest BCUT2D eigenvalue weighted by atomic mass is 9.98. The number of piperidine rings is 1. The molecular weight excluding hydrogens is 470 g/mol. The van der Waals surface area contributed by atoms with Crippen LogP contribution in [0.2, 0.25) is 0 Å². The predicted molar refractivity (Wildman–Crippen MR) is 131 cm³/mol. The van der Waals surface area contributed by atoms with Gasteiger partial charge in [0.15, 0.2) is 0 Å². The standard InChI is InChI=1S/C27H28F2N2O3S/c1-17-3-2-4-19-6-5-18(13-22(17)19)14-25(32)24-15-23(24)20-7-9-21(10-8-20)35(33,34)31-26-11-12-30-16-27(26,28)29/h2-10,13,23-24,26,30-31H,11-12,14-16H2,1H3/t23-,24+,26?/m0/s1. The van der Waals surface area contributed by atoms with Crippen molar-refractivity contribution >= 4 is 26.6 Å². The van der Waals surface area contributed by atoms with E-state index in [1.807, 2.05) is 18.2 Å². The number of hydrogen-bond acceptors (Lipinski definition) is 4.